The summed E-state index contributed by atoms with van der Waals surface area (Å²) in [5.74, 6) is 1.55. The van der Waals surface area contributed by atoms with Crippen molar-refractivity contribution in [3.05, 3.63) is 57.6 Å². The van der Waals surface area contributed by atoms with Crippen LogP contribution in [0.4, 0.5) is 0 Å². The van der Waals surface area contributed by atoms with Crippen LogP contribution in [-0.4, -0.2) is 20.0 Å². The van der Waals surface area contributed by atoms with Crippen LogP contribution in [-0.2, 0) is 6.42 Å². The van der Waals surface area contributed by atoms with Gasteiger partial charge in [-0.1, -0.05) is 18.2 Å². The first kappa shape index (κ1) is 15.6. The summed E-state index contributed by atoms with van der Waals surface area (Å²) < 4.78 is 11.3. The molecule has 3 nitrogen and oxygen atoms in total. The number of ether oxygens (including phenoxy) is 2. The molecular weight excluding hydrogens is 332 g/mol. The predicted molar refractivity (Wildman–Crippen MR) is 86.5 cm³/mol. The Morgan fingerprint density at radius 3 is 2.38 bits per heavy atom. The molecule has 0 radical (unpaired) electrons. The Balaban J connectivity index is 2.19. The van der Waals surface area contributed by atoms with Crippen molar-refractivity contribution in [3.63, 3.8) is 0 Å². The van der Waals surface area contributed by atoms with Crippen LogP contribution in [0.3, 0.4) is 0 Å². The molecule has 0 bridgehead atoms. The van der Waals surface area contributed by atoms with Crippen molar-refractivity contribution >= 4 is 21.7 Å². The van der Waals surface area contributed by atoms with Gasteiger partial charge >= 0.3 is 0 Å². The van der Waals surface area contributed by atoms with E-state index in [0.29, 0.717) is 12.0 Å². The topological polar surface area (TPSA) is 35.5 Å². The molecule has 0 spiro atoms. The van der Waals surface area contributed by atoms with Crippen molar-refractivity contribution in [1.29, 1.82) is 0 Å². The molecule has 0 fully saturated rings. The van der Waals surface area contributed by atoms with Crippen LogP contribution in [0, 0.1) is 6.92 Å². The molecule has 0 aliphatic carbocycles. The molecule has 110 valence electrons. The van der Waals surface area contributed by atoms with Crippen LogP contribution in [0.15, 0.2) is 40.9 Å². The second-order valence-electron chi connectivity index (χ2n) is 4.75. The number of hydrogen-bond acceptors (Lipinski definition) is 3. The summed E-state index contributed by atoms with van der Waals surface area (Å²) in [7, 11) is 3.22. The molecule has 2 aromatic rings. The Morgan fingerprint density at radius 1 is 1.05 bits per heavy atom. The lowest BCUT2D eigenvalue weighted by Gasteiger charge is -2.08. The molecule has 4 heteroatoms. The van der Waals surface area contributed by atoms with E-state index in [2.05, 4.69) is 15.9 Å². The number of carbonyl (C=O) groups excluding carboxylic acids is 1. The molecule has 0 aliphatic heterocycles. The van der Waals surface area contributed by atoms with Crippen molar-refractivity contribution in [1.82, 2.24) is 0 Å². The maximum Gasteiger partial charge on any atom is 0.167 e. The summed E-state index contributed by atoms with van der Waals surface area (Å²) in [5, 5.41) is 0. The first-order chi connectivity index (χ1) is 10.0. The highest BCUT2D eigenvalue weighted by Gasteiger charge is 2.11. The van der Waals surface area contributed by atoms with Crippen LogP contribution in [0.2, 0.25) is 0 Å². The molecule has 0 heterocycles. The van der Waals surface area contributed by atoms with E-state index in [0.717, 1.165) is 27.1 Å². The summed E-state index contributed by atoms with van der Waals surface area (Å²) in [5.41, 5.74) is 2.61. The SMILES string of the molecule is COc1cc(C(=O)Cc2ccc(OC)c(Br)c2)ccc1C. The first-order valence-corrected chi connectivity index (χ1v) is 7.34. The number of benzene rings is 2. The van der Waals surface area contributed by atoms with Gasteiger partial charge in [-0.3, -0.25) is 4.79 Å². The van der Waals surface area contributed by atoms with E-state index in [-0.39, 0.29) is 5.78 Å². The third kappa shape index (κ3) is 3.64. The normalized spacial score (nSPS) is 10.3. The van der Waals surface area contributed by atoms with Gasteiger partial charge in [0.05, 0.1) is 18.7 Å². The van der Waals surface area contributed by atoms with E-state index in [1.54, 1.807) is 20.3 Å². The Bertz CT molecular complexity index is 665. The average molecular weight is 349 g/mol. The minimum absolute atomic E-state index is 0.0605. The van der Waals surface area contributed by atoms with Crippen LogP contribution in [0.5, 0.6) is 11.5 Å². The summed E-state index contributed by atoms with van der Waals surface area (Å²) in [6.45, 7) is 1.95. The van der Waals surface area contributed by atoms with Gasteiger partial charge in [-0.25, -0.2) is 0 Å². The Morgan fingerprint density at radius 2 is 1.76 bits per heavy atom. The summed E-state index contributed by atoms with van der Waals surface area (Å²) >= 11 is 3.43. The number of rotatable bonds is 5. The van der Waals surface area contributed by atoms with Gasteiger partial charge in [-0.15, -0.1) is 0 Å². The monoisotopic (exact) mass is 348 g/mol. The number of carbonyl (C=O) groups is 1. The number of methoxy groups -OCH3 is 2. The van der Waals surface area contributed by atoms with E-state index in [1.165, 1.54) is 0 Å². The predicted octanol–water partition coefficient (Wildman–Crippen LogP) is 4.20. The van der Waals surface area contributed by atoms with Crippen molar-refractivity contribution in [2.75, 3.05) is 14.2 Å². The second-order valence-corrected chi connectivity index (χ2v) is 5.61. The van der Waals surface area contributed by atoms with Crippen LogP contribution in [0.1, 0.15) is 21.5 Å². The van der Waals surface area contributed by atoms with Crippen molar-refractivity contribution in [2.45, 2.75) is 13.3 Å². The zero-order valence-corrected chi connectivity index (χ0v) is 13.9. The van der Waals surface area contributed by atoms with Crippen LogP contribution < -0.4 is 9.47 Å². The third-order valence-electron chi connectivity index (χ3n) is 3.31. The number of hydrogen-bond donors (Lipinski definition) is 0. The molecule has 0 atom stereocenters. The number of aryl methyl sites for hydroxylation is 1. The van der Waals surface area contributed by atoms with Crippen molar-refractivity contribution in [2.24, 2.45) is 0 Å². The van der Waals surface area contributed by atoms with E-state index in [1.807, 2.05) is 37.3 Å². The molecule has 2 rings (SSSR count). The maximum atomic E-state index is 12.4. The third-order valence-corrected chi connectivity index (χ3v) is 3.93. The van der Waals surface area contributed by atoms with Gasteiger partial charge in [0.2, 0.25) is 0 Å². The molecule has 0 saturated heterocycles. The van der Waals surface area contributed by atoms with Gasteiger partial charge in [-0.2, -0.15) is 0 Å². The largest absolute Gasteiger partial charge is 0.496 e. The lowest BCUT2D eigenvalue weighted by molar-refractivity contribution is 0.0992. The zero-order chi connectivity index (χ0) is 15.4. The maximum absolute atomic E-state index is 12.4. The highest BCUT2D eigenvalue weighted by molar-refractivity contribution is 9.10. The molecule has 0 aromatic heterocycles. The van der Waals surface area contributed by atoms with E-state index >= 15 is 0 Å². The fourth-order valence-corrected chi connectivity index (χ4v) is 2.69. The fraction of sp³-hybridized carbons (Fsp3) is 0.235. The quantitative estimate of drug-likeness (QED) is 0.759. The summed E-state index contributed by atoms with van der Waals surface area (Å²) in [6.07, 6.45) is 0.342. The Kier molecular flexibility index (Phi) is 5.02. The lowest BCUT2D eigenvalue weighted by Crippen LogP contribution is -2.04. The highest BCUT2D eigenvalue weighted by Crippen LogP contribution is 2.26. The molecule has 2 aromatic carbocycles. The molecule has 0 N–H and O–H groups in total. The second kappa shape index (κ2) is 6.76. The van der Waals surface area contributed by atoms with Gasteiger partial charge in [0.15, 0.2) is 5.78 Å². The minimum Gasteiger partial charge on any atom is -0.496 e. The average Bonchev–Trinajstić information content (AvgIpc) is 2.48. The number of halogens is 1. The smallest absolute Gasteiger partial charge is 0.167 e. The van der Waals surface area contributed by atoms with Crippen molar-refractivity contribution < 1.29 is 14.3 Å². The highest BCUT2D eigenvalue weighted by atomic mass is 79.9. The zero-order valence-electron chi connectivity index (χ0n) is 12.3. The van der Waals surface area contributed by atoms with Gasteiger partial charge < -0.3 is 9.47 Å². The Hall–Kier alpha value is -1.81. The van der Waals surface area contributed by atoms with Gasteiger partial charge in [0.25, 0.3) is 0 Å². The molecular formula is C17H17BrO3. The van der Waals surface area contributed by atoms with Gasteiger partial charge in [0, 0.05) is 12.0 Å². The fourth-order valence-electron chi connectivity index (χ4n) is 2.10. The molecule has 0 aliphatic rings. The molecule has 21 heavy (non-hydrogen) atoms. The molecule has 0 unspecified atom stereocenters. The first-order valence-electron chi connectivity index (χ1n) is 6.55. The van der Waals surface area contributed by atoms with Crippen LogP contribution >= 0.6 is 15.9 Å². The standard InChI is InChI=1S/C17H17BrO3/c1-11-4-6-13(10-17(11)21-3)15(19)9-12-5-7-16(20-2)14(18)8-12/h4-8,10H,9H2,1-3H3. The summed E-state index contributed by atoms with van der Waals surface area (Å²) in [6, 6.07) is 11.2. The van der Waals surface area contributed by atoms with E-state index in [4.69, 9.17) is 9.47 Å². The molecule has 0 saturated carbocycles. The minimum atomic E-state index is 0.0605. The number of Topliss-reactive ketones (excluding diaryl/α,β-unsaturated/α-hetero) is 1. The Labute approximate surface area is 133 Å². The van der Waals surface area contributed by atoms with Gasteiger partial charge in [0.1, 0.15) is 11.5 Å². The van der Waals surface area contributed by atoms with Gasteiger partial charge in [-0.05, 0) is 52.2 Å². The summed E-state index contributed by atoms with van der Waals surface area (Å²) in [4.78, 5) is 12.4. The van der Waals surface area contributed by atoms with Crippen LogP contribution in [0.25, 0.3) is 0 Å². The van der Waals surface area contributed by atoms with E-state index < -0.39 is 0 Å². The number of ketones is 1. The molecule has 0 amide bonds. The van der Waals surface area contributed by atoms with E-state index in [9.17, 15) is 4.79 Å². The van der Waals surface area contributed by atoms with Crippen molar-refractivity contribution in [3.8, 4) is 11.5 Å². The lowest BCUT2D eigenvalue weighted by atomic mass is 10.0.